The minimum absolute atomic E-state index is 0.00405. The van der Waals surface area contributed by atoms with Crippen molar-refractivity contribution in [3.63, 3.8) is 0 Å². The van der Waals surface area contributed by atoms with E-state index in [4.69, 9.17) is 20.8 Å². The van der Waals surface area contributed by atoms with Gasteiger partial charge in [-0.25, -0.2) is 9.98 Å². The van der Waals surface area contributed by atoms with Crippen molar-refractivity contribution in [2.24, 2.45) is 20.3 Å². The minimum Gasteiger partial charge on any atom is -0.411 e. The molecule has 10 nitrogen and oxygen atoms in total. The zero-order valence-corrected chi connectivity index (χ0v) is 14.1. The Bertz CT molecular complexity index is 773. The highest BCUT2D eigenvalue weighted by Gasteiger charge is 2.00. The Morgan fingerprint density at radius 3 is 1.37 bits per heavy atom. The summed E-state index contributed by atoms with van der Waals surface area (Å²) in [6.07, 6.45) is 2.63. The summed E-state index contributed by atoms with van der Waals surface area (Å²) >= 11 is 0. The number of oxime groups is 2. The van der Waals surface area contributed by atoms with E-state index in [0.29, 0.717) is 17.8 Å². The SMILES string of the molecule is O/N=C\C(=Nc1ccc(Cc2ccc(N=C(/C=N\O)NO)cc2)cc1)NO. The number of rotatable bonds is 6. The van der Waals surface area contributed by atoms with Crippen molar-refractivity contribution in [3.05, 3.63) is 59.7 Å². The number of nitrogens with one attached hydrogen (secondary N) is 2. The molecule has 0 aliphatic heterocycles. The second kappa shape index (κ2) is 10.3. The molecular weight excluding hydrogens is 352 g/mol. The van der Waals surface area contributed by atoms with Gasteiger partial charge in [-0.15, -0.1) is 0 Å². The number of hydrogen-bond donors (Lipinski definition) is 6. The van der Waals surface area contributed by atoms with Crippen molar-refractivity contribution in [1.29, 1.82) is 0 Å². The third kappa shape index (κ3) is 6.23. The van der Waals surface area contributed by atoms with Crippen molar-refractivity contribution in [2.45, 2.75) is 6.42 Å². The van der Waals surface area contributed by atoms with E-state index in [1.165, 1.54) is 0 Å². The van der Waals surface area contributed by atoms with E-state index in [0.717, 1.165) is 23.6 Å². The van der Waals surface area contributed by atoms with Crippen LogP contribution in [0.4, 0.5) is 11.4 Å². The van der Waals surface area contributed by atoms with E-state index in [9.17, 15) is 0 Å². The van der Waals surface area contributed by atoms with E-state index in [1.807, 2.05) is 35.2 Å². The highest BCUT2D eigenvalue weighted by atomic mass is 16.5. The lowest BCUT2D eigenvalue weighted by atomic mass is 10.0. The summed E-state index contributed by atoms with van der Waals surface area (Å²) in [5.74, 6) is 0.00810. The standard InChI is InChI=1S/C17H18N6O4/c24-18-10-16(22-26)20-14-5-1-12(2-6-14)9-13-3-7-15(8-4-13)21-17(23-27)11-19-25/h1-8,10-11,24-27H,9H2,(H,20,22)(H,21,23)/b18-10-,19-11-. The van der Waals surface area contributed by atoms with Crippen molar-refractivity contribution in [1.82, 2.24) is 11.0 Å². The summed E-state index contributed by atoms with van der Waals surface area (Å²) < 4.78 is 0. The zero-order chi connectivity index (χ0) is 19.5. The van der Waals surface area contributed by atoms with E-state index in [1.54, 1.807) is 24.3 Å². The van der Waals surface area contributed by atoms with Gasteiger partial charge in [0.2, 0.25) is 0 Å². The summed E-state index contributed by atoms with van der Waals surface area (Å²) in [5.41, 5.74) is 6.90. The fourth-order valence-electron chi connectivity index (χ4n) is 2.17. The topological polar surface area (TPSA) is 154 Å². The number of hydrogen-bond acceptors (Lipinski definition) is 8. The van der Waals surface area contributed by atoms with E-state index >= 15 is 0 Å². The fraction of sp³-hybridized carbons (Fsp3) is 0.0588. The Kier molecular flexibility index (Phi) is 7.45. The lowest BCUT2D eigenvalue weighted by Gasteiger charge is -2.04. The highest BCUT2D eigenvalue weighted by molar-refractivity contribution is 6.29. The molecule has 2 rings (SSSR count). The predicted octanol–water partition coefficient (Wildman–Crippen LogP) is 2.21. The Morgan fingerprint density at radius 1 is 0.704 bits per heavy atom. The molecule has 0 fully saturated rings. The molecule has 0 aromatic heterocycles. The quantitative estimate of drug-likeness (QED) is 0.198. The smallest absolute Gasteiger partial charge is 0.172 e. The summed E-state index contributed by atoms with van der Waals surface area (Å²) in [7, 11) is 0. The van der Waals surface area contributed by atoms with E-state index in [2.05, 4.69) is 20.3 Å². The summed E-state index contributed by atoms with van der Waals surface area (Å²) in [5, 5.41) is 40.2. The Balaban J connectivity index is 2.07. The molecule has 2 aromatic carbocycles. The molecule has 0 saturated heterocycles. The van der Waals surface area contributed by atoms with Crippen LogP contribution in [0.5, 0.6) is 0 Å². The molecule has 140 valence electrons. The van der Waals surface area contributed by atoms with Crippen LogP contribution in [0.1, 0.15) is 11.1 Å². The minimum atomic E-state index is 0.00405. The molecule has 0 heterocycles. The summed E-state index contributed by atoms with van der Waals surface area (Å²) in [4.78, 5) is 8.11. The zero-order valence-electron chi connectivity index (χ0n) is 14.1. The fourth-order valence-corrected chi connectivity index (χ4v) is 2.17. The first kappa shape index (κ1) is 19.6. The number of nitrogens with zero attached hydrogens (tertiary/aromatic N) is 4. The van der Waals surface area contributed by atoms with Crippen LogP contribution in [0.25, 0.3) is 0 Å². The largest absolute Gasteiger partial charge is 0.411 e. The number of benzene rings is 2. The van der Waals surface area contributed by atoms with Gasteiger partial charge in [-0.2, -0.15) is 0 Å². The number of amidine groups is 2. The molecule has 6 N–H and O–H groups in total. The van der Waals surface area contributed by atoms with Gasteiger partial charge in [-0.1, -0.05) is 34.6 Å². The molecule has 0 atom stereocenters. The normalized spacial score (nSPS) is 12.7. The molecular formula is C17H18N6O4. The summed E-state index contributed by atoms with van der Waals surface area (Å²) in [6.45, 7) is 0. The molecule has 0 bridgehead atoms. The molecule has 0 amide bonds. The molecule has 10 heteroatoms. The highest BCUT2D eigenvalue weighted by Crippen LogP contribution is 2.18. The molecule has 0 aliphatic rings. The maximum Gasteiger partial charge on any atom is 0.172 e. The monoisotopic (exact) mass is 370 g/mol. The third-order valence-electron chi connectivity index (χ3n) is 3.37. The van der Waals surface area contributed by atoms with Crippen molar-refractivity contribution in [2.75, 3.05) is 0 Å². The molecule has 0 radical (unpaired) electrons. The van der Waals surface area contributed by atoms with Crippen molar-refractivity contribution < 1.29 is 20.8 Å². The van der Waals surface area contributed by atoms with Crippen molar-refractivity contribution in [3.8, 4) is 0 Å². The van der Waals surface area contributed by atoms with Crippen LogP contribution in [0.3, 0.4) is 0 Å². The first-order valence-corrected chi connectivity index (χ1v) is 7.69. The van der Waals surface area contributed by atoms with Gasteiger partial charge in [0.15, 0.2) is 11.7 Å². The second-order valence-corrected chi connectivity index (χ2v) is 5.22. The van der Waals surface area contributed by atoms with Crippen LogP contribution >= 0.6 is 0 Å². The van der Waals surface area contributed by atoms with Gasteiger partial charge < -0.3 is 10.4 Å². The second-order valence-electron chi connectivity index (χ2n) is 5.22. The first-order chi connectivity index (χ1) is 13.2. The molecule has 0 spiro atoms. The van der Waals surface area contributed by atoms with Gasteiger partial charge >= 0.3 is 0 Å². The molecule has 0 aliphatic carbocycles. The van der Waals surface area contributed by atoms with Crippen LogP contribution in [-0.4, -0.2) is 44.9 Å². The third-order valence-corrected chi connectivity index (χ3v) is 3.37. The van der Waals surface area contributed by atoms with Crippen LogP contribution in [0, 0.1) is 0 Å². The van der Waals surface area contributed by atoms with Crippen LogP contribution in [0.2, 0.25) is 0 Å². The number of hydroxylamine groups is 2. The van der Waals surface area contributed by atoms with Gasteiger partial charge in [0.05, 0.1) is 11.4 Å². The van der Waals surface area contributed by atoms with Gasteiger partial charge in [0.25, 0.3) is 0 Å². The Labute approximate surface area is 154 Å². The van der Waals surface area contributed by atoms with Crippen LogP contribution < -0.4 is 11.0 Å². The van der Waals surface area contributed by atoms with Crippen LogP contribution in [-0.2, 0) is 6.42 Å². The molecule has 0 saturated carbocycles. The maximum absolute atomic E-state index is 8.86. The van der Waals surface area contributed by atoms with E-state index in [-0.39, 0.29) is 11.7 Å². The Hall–Kier alpha value is -3.76. The first-order valence-electron chi connectivity index (χ1n) is 7.69. The van der Waals surface area contributed by atoms with Crippen molar-refractivity contribution >= 4 is 35.5 Å². The predicted molar refractivity (Wildman–Crippen MR) is 100 cm³/mol. The van der Waals surface area contributed by atoms with Crippen LogP contribution in [0.15, 0.2) is 68.8 Å². The lowest BCUT2D eigenvalue weighted by molar-refractivity contribution is 0.236. The van der Waals surface area contributed by atoms with E-state index < -0.39 is 0 Å². The molecule has 27 heavy (non-hydrogen) atoms. The van der Waals surface area contributed by atoms with Gasteiger partial charge in [-0.3, -0.25) is 21.4 Å². The summed E-state index contributed by atoms with van der Waals surface area (Å²) in [6, 6.07) is 14.6. The average Bonchev–Trinajstić information content (AvgIpc) is 2.70. The van der Waals surface area contributed by atoms with Gasteiger partial charge in [-0.05, 0) is 41.8 Å². The van der Waals surface area contributed by atoms with Gasteiger partial charge in [0, 0.05) is 0 Å². The molecule has 0 unspecified atom stereocenters. The molecule has 2 aromatic rings. The number of aliphatic imine (C=N–C) groups is 2. The maximum atomic E-state index is 8.86. The van der Waals surface area contributed by atoms with Gasteiger partial charge in [0.1, 0.15) is 12.4 Å². The average molecular weight is 370 g/mol. The Morgan fingerprint density at radius 2 is 1.07 bits per heavy atom. The lowest BCUT2D eigenvalue weighted by Crippen LogP contribution is -2.19.